The third-order valence-electron chi connectivity index (χ3n) is 25.3. The van der Waals surface area contributed by atoms with Crippen LogP contribution in [-0.2, 0) is 69.9 Å². The number of H-pyrrole nitrogens is 3. The van der Waals surface area contributed by atoms with Crippen molar-refractivity contribution in [2.75, 3.05) is 94.1 Å². The summed E-state index contributed by atoms with van der Waals surface area (Å²) in [6.45, 7) is 3.05. The first-order valence-corrected chi connectivity index (χ1v) is 48.8. The Kier molecular flexibility index (Phi) is 23.1. The first-order valence-electron chi connectivity index (χ1n) is 42.7. The molecule has 6 bridgehead atoms. The van der Waals surface area contributed by atoms with Crippen molar-refractivity contribution in [3.63, 3.8) is 0 Å². The van der Waals surface area contributed by atoms with E-state index in [0.29, 0.717) is 11.1 Å². The second-order valence-electron chi connectivity index (χ2n) is 34.2. The second kappa shape index (κ2) is 34.7. The average Bonchev–Trinajstić information content (AvgIpc) is 1.64. The van der Waals surface area contributed by atoms with Crippen molar-refractivity contribution in [1.82, 2.24) is 39.3 Å². The van der Waals surface area contributed by atoms with Gasteiger partial charge in [0, 0.05) is 76.6 Å². The number of hydrogen-bond donors (Lipinski definition) is 8. The molecular weight excluding hydrogens is 1800 g/mol. The average molecular weight is 1880 g/mol. The number of aromatic nitrogens is 6. The minimum Gasteiger partial charge on any atom is -0.381 e. The molecule has 0 spiro atoms. The summed E-state index contributed by atoms with van der Waals surface area (Å²) >= 11 is 0. The van der Waals surface area contributed by atoms with Gasteiger partial charge in [0.15, 0.2) is 18.7 Å². The van der Waals surface area contributed by atoms with E-state index in [1.165, 1.54) is 55.3 Å². The van der Waals surface area contributed by atoms with E-state index >= 15 is 0 Å². The fourth-order valence-electron chi connectivity index (χ4n) is 19.8. The molecule has 6 unspecified atom stereocenters. The lowest BCUT2D eigenvalue weighted by atomic mass is 9.88. The van der Waals surface area contributed by atoms with Gasteiger partial charge in [-0.25, -0.2) is 14.4 Å². The number of ether oxygens (including phenoxy) is 9. The topological polar surface area (TPSA) is 445 Å². The summed E-state index contributed by atoms with van der Waals surface area (Å²) in [6.07, 6.45) is -5.23. The molecule has 6 aliphatic rings. The molecule has 3 aromatic heterocycles. The number of benzene rings is 13. The van der Waals surface area contributed by atoms with Crippen molar-refractivity contribution in [3.05, 3.63) is 290 Å². The Hall–Kier alpha value is -13.0. The molecule has 0 aliphatic carbocycles. The fourth-order valence-corrected chi connectivity index (χ4v) is 22.0. The summed E-state index contributed by atoms with van der Waals surface area (Å²) in [7, 11) is -7.54. The largest absolute Gasteiger partial charge is 0.381 e. The summed E-state index contributed by atoms with van der Waals surface area (Å²) in [5.74, 6) is 16.5. The zero-order chi connectivity index (χ0) is 94.1. The molecule has 6 aliphatic heterocycles. The van der Waals surface area contributed by atoms with Crippen LogP contribution in [0.4, 0.5) is 0 Å². The van der Waals surface area contributed by atoms with Crippen molar-refractivity contribution < 1.29 is 94.2 Å². The molecule has 34 nitrogen and oxygen atoms in total. The van der Waals surface area contributed by atoms with Gasteiger partial charge in [-0.3, -0.25) is 79.9 Å². The zero-order valence-corrected chi connectivity index (χ0v) is 75.4. The van der Waals surface area contributed by atoms with Crippen LogP contribution < -0.4 is 44.4 Å². The van der Waals surface area contributed by atoms with Crippen LogP contribution in [0.5, 0.6) is 0 Å². The Bertz CT molecular complexity index is 7960. The predicted octanol–water partition coefficient (Wildman–Crippen LogP) is 9.96. The monoisotopic (exact) mass is 1880 g/mol. The van der Waals surface area contributed by atoms with Crippen LogP contribution in [0.1, 0.15) is 61.7 Å². The molecule has 686 valence electrons. The van der Waals surface area contributed by atoms with Gasteiger partial charge in [-0.2, -0.15) is 0 Å². The van der Waals surface area contributed by atoms with E-state index in [-0.39, 0.29) is 81.2 Å². The quantitative estimate of drug-likeness (QED) is 0.0161. The van der Waals surface area contributed by atoms with Crippen molar-refractivity contribution in [3.8, 4) is 35.5 Å². The first kappa shape index (κ1) is 89.8. The van der Waals surface area contributed by atoms with E-state index in [0.717, 1.165) is 132 Å². The number of aromatic amines is 3. The maximum Gasteiger partial charge on any atom is 0.330 e. The van der Waals surface area contributed by atoms with Crippen LogP contribution in [0.25, 0.3) is 108 Å². The molecule has 6 fully saturated rings. The van der Waals surface area contributed by atoms with Gasteiger partial charge in [0.05, 0.1) is 52.7 Å². The summed E-state index contributed by atoms with van der Waals surface area (Å²) < 4.78 is 108. The van der Waals surface area contributed by atoms with Crippen LogP contribution >= 0.6 is 22.8 Å². The summed E-state index contributed by atoms with van der Waals surface area (Å²) in [4.78, 5) is 140. The molecule has 0 radical (unpaired) electrons. The van der Waals surface area contributed by atoms with E-state index in [9.17, 15) is 66.7 Å². The molecule has 2 amide bonds. The number of carbonyl (C=O) groups excluding carboxylic acids is 2. The van der Waals surface area contributed by atoms with E-state index in [4.69, 9.17) is 56.2 Å². The highest BCUT2D eigenvalue weighted by Gasteiger charge is 2.67. The normalized spacial score (nSPS) is 23.8. The van der Waals surface area contributed by atoms with Crippen molar-refractivity contribution in [1.29, 1.82) is 0 Å². The maximum atomic E-state index is 13.2. The smallest absolute Gasteiger partial charge is 0.330 e. The lowest BCUT2D eigenvalue weighted by molar-refractivity contribution is -0.190. The summed E-state index contributed by atoms with van der Waals surface area (Å²) in [5.41, 5.74) is -6.44. The van der Waals surface area contributed by atoms with E-state index < -0.39 is 129 Å². The summed E-state index contributed by atoms with van der Waals surface area (Å²) in [6, 6.07) is 58.6. The van der Waals surface area contributed by atoms with Crippen LogP contribution in [0, 0.1) is 35.5 Å². The van der Waals surface area contributed by atoms with Gasteiger partial charge in [-0.15, -0.1) is 0 Å². The Labute approximate surface area is 763 Å². The first-order chi connectivity index (χ1) is 64.8. The molecule has 16 aromatic rings. The molecule has 22 rings (SSSR count). The van der Waals surface area contributed by atoms with Crippen LogP contribution in [-0.4, -0.2) is 203 Å². The van der Waals surface area contributed by atoms with Crippen LogP contribution in [0.2, 0.25) is 0 Å². The molecule has 13 aromatic carbocycles. The minimum absolute atomic E-state index is 0.000527. The Balaban J connectivity index is 0.000000125. The highest BCUT2D eigenvalue weighted by atomic mass is 31.2. The van der Waals surface area contributed by atoms with Crippen LogP contribution in [0.3, 0.4) is 0 Å². The number of methoxy groups -OCH3 is 3. The lowest BCUT2D eigenvalue weighted by Crippen LogP contribution is -2.46. The Morgan fingerprint density at radius 1 is 0.378 bits per heavy atom. The number of fused-ring (bicyclic) bond motifs is 8. The minimum atomic E-state index is -3.96. The van der Waals surface area contributed by atoms with Crippen LogP contribution in [0.15, 0.2) is 223 Å². The number of carbonyl (C=O) groups is 2. The van der Waals surface area contributed by atoms with Gasteiger partial charge >= 0.3 is 39.9 Å². The number of amides is 2. The maximum absolute atomic E-state index is 13.2. The van der Waals surface area contributed by atoms with Crippen molar-refractivity contribution in [2.45, 2.75) is 72.1 Å². The molecular formula is C98H83N8O26P3. The standard InChI is InChI=1S/C34H27N2O8P.2C32H28N3O9P/c1-41-17-34-18-42-29(30(34)44-45(2,39)40)32(43-34)36-16-21(31(37)35-33(36)38)13-12-19-14-15-26-24-10-4-7-20-6-3-9-23(27(20)24)25-11-5-8-22(19)28(25)26;2*1-41-16-32-17-42-26(27(32)44-45(2,39)40)30(43-32)35-15-21(28(36)34-31(35)38)7-4-14-33-29(37)23-13-11-20-9-8-18-5-3-6-19-10-12-22(23)25(20)24(18)19/h3-11,14-16,29-30,32H,17-18H2,1-2H3,(H,39,40)(H,35,37,38);2*3,5-6,8-13,15,26-27,30H,14,16-17H2,1-2H3,(H,33,37)(H,39,40)(H,34,36,38)/t29?,30-,32-,34+;2*26?,27-,30-,32+/m111/s1. The molecule has 135 heavy (non-hydrogen) atoms. The fraction of sp³-hybridized carbons (Fsp3) is 0.265. The van der Waals surface area contributed by atoms with Crippen molar-refractivity contribution in [2.24, 2.45) is 0 Å². The molecule has 0 saturated carbocycles. The van der Waals surface area contributed by atoms with Gasteiger partial charge < -0.3 is 67.9 Å². The Morgan fingerprint density at radius 2 is 0.674 bits per heavy atom. The van der Waals surface area contributed by atoms with E-state index in [2.05, 4.69) is 122 Å². The number of nitrogens with one attached hydrogen (secondary N) is 5. The zero-order valence-electron chi connectivity index (χ0n) is 72.7. The lowest BCUT2D eigenvalue weighted by Gasteiger charge is -2.31. The third kappa shape index (κ3) is 16.2. The number of hydrogen-bond acceptors (Lipinski definition) is 23. The van der Waals surface area contributed by atoms with E-state index in [1.54, 1.807) is 12.1 Å². The Morgan fingerprint density at radius 3 is 1.04 bits per heavy atom. The predicted molar refractivity (Wildman–Crippen MR) is 502 cm³/mol. The molecule has 37 heteroatoms. The number of rotatable bonds is 19. The number of nitrogens with zero attached hydrogens (tertiary/aromatic N) is 3. The molecule has 8 N–H and O–H groups in total. The molecule has 6 saturated heterocycles. The van der Waals surface area contributed by atoms with Gasteiger partial charge in [0.25, 0.3) is 28.5 Å². The SMILES string of the molecule is COC[C@@]12COC([C@H](n3cc(C#CCNC(=O)c4ccc5ccc6cccc7ccc4c5c67)c(=O)[nH]c3=O)O1)[C@H]2OP(C)(=O)O.COC[C@@]12COC([C@H](n3cc(C#CCNC(=O)c4ccc5ccc6cccc7ccc4c5c67)c(=O)[nH]c3=O)O1)[C@H]2OP(C)(=O)O.COC[C@@]12COC([C@H](n3cc(C#Cc4ccc5c6cccc7cccc(c8cccc4c85)c76)c(=O)[nH]c3=O)O1)[C@H]2OP(C)(=O)O. The van der Waals surface area contributed by atoms with Gasteiger partial charge in [0.1, 0.15) is 70.1 Å². The molecule has 9 heterocycles. The van der Waals surface area contributed by atoms with Gasteiger partial charge in [-0.05, 0) is 126 Å². The second-order valence-corrected chi connectivity index (χ2v) is 39.7. The van der Waals surface area contributed by atoms with Gasteiger partial charge in [0.2, 0.25) is 0 Å². The highest BCUT2D eigenvalue weighted by molar-refractivity contribution is 7.52. The summed E-state index contributed by atoms with van der Waals surface area (Å²) in [5, 5.41) is 27.0. The van der Waals surface area contributed by atoms with E-state index in [1.807, 2.05) is 103 Å². The molecule has 15 atom stereocenters. The van der Waals surface area contributed by atoms with Crippen molar-refractivity contribution >= 4 is 142 Å². The van der Waals surface area contributed by atoms with Gasteiger partial charge in [-0.1, -0.05) is 193 Å². The highest BCUT2D eigenvalue weighted by Crippen LogP contribution is 2.56. The third-order valence-corrected chi connectivity index (χ3v) is 27.1.